The number of rotatable bonds is 3. The van der Waals surface area contributed by atoms with E-state index in [9.17, 15) is 0 Å². The van der Waals surface area contributed by atoms with Crippen LogP contribution < -0.4 is 0 Å². The lowest BCUT2D eigenvalue weighted by Gasteiger charge is -2.30. The second kappa shape index (κ2) is 3.33. The SMILES string of the molecule is [CH2]CCCN1C(C)=NOC1(C)C. The minimum Gasteiger partial charge on any atom is -0.366 e. The van der Waals surface area contributed by atoms with Gasteiger partial charge in [-0.05, 0) is 27.2 Å². The molecule has 0 aromatic carbocycles. The third-order valence-electron chi connectivity index (χ3n) is 2.07. The second-order valence-electron chi connectivity index (χ2n) is 3.54. The van der Waals surface area contributed by atoms with Gasteiger partial charge in [0.2, 0.25) is 5.72 Å². The first-order valence-corrected chi connectivity index (χ1v) is 4.37. The van der Waals surface area contributed by atoms with Gasteiger partial charge in [0.15, 0.2) is 0 Å². The van der Waals surface area contributed by atoms with Crippen LogP contribution in [0.4, 0.5) is 0 Å². The number of unbranched alkanes of at least 4 members (excludes halogenated alkanes) is 1. The van der Waals surface area contributed by atoms with Crippen LogP contribution in [0.25, 0.3) is 0 Å². The van der Waals surface area contributed by atoms with E-state index in [0.29, 0.717) is 0 Å². The van der Waals surface area contributed by atoms with Gasteiger partial charge in [-0.3, -0.25) is 0 Å². The summed E-state index contributed by atoms with van der Waals surface area (Å²) in [5.41, 5.74) is -0.265. The maximum Gasteiger partial charge on any atom is 0.205 e. The van der Waals surface area contributed by atoms with E-state index in [2.05, 4.69) is 17.0 Å². The average Bonchev–Trinajstić information content (AvgIpc) is 2.24. The van der Waals surface area contributed by atoms with Gasteiger partial charge in [0.05, 0.1) is 0 Å². The van der Waals surface area contributed by atoms with Gasteiger partial charge >= 0.3 is 0 Å². The van der Waals surface area contributed by atoms with Crippen molar-refractivity contribution in [3.63, 3.8) is 0 Å². The Morgan fingerprint density at radius 1 is 1.58 bits per heavy atom. The largest absolute Gasteiger partial charge is 0.366 e. The fraction of sp³-hybridized carbons (Fsp3) is 0.778. The summed E-state index contributed by atoms with van der Waals surface area (Å²) in [5, 5.41) is 3.95. The Bertz CT molecular complexity index is 187. The molecule has 12 heavy (non-hydrogen) atoms. The lowest BCUT2D eigenvalue weighted by molar-refractivity contribution is -0.0686. The van der Waals surface area contributed by atoms with Crippen molar-refractivity contribution in [2.75, 3.05) is 6.54 Å². The highest BCUT2D eigenvalue weighted by Crippen LogP contribution is 2.23. The zero-order valence-electron chi connectivity index (χ0n) is 8.13. The van der Waals surface area contributed by atoms with E-state index in [4.69, 9.17) is 4.84 Å². The van der Waals surface area contributed by atoms with Crippen molar-refractivity contribution in [2.24, 2.45) is 5.16 Å². The van der Waals surface area contributed by atoms with E-state index >= 15 is 0 Å². The molecule has 0 spiro atoms. The van der Waals surface area contributed by atoms with Crippen LogP contribution in [0.3, 0.4) is 0 Å². The normalized spacial score (nSPS) is 20.7. The number of nitrogens with zero attached hydrogens (tertiary/aromatic N) is 2. The van der Waals surface area contributed by atoms with Crippen molar-refractivity contribution < 1.29 is 4.84 Å². The van der Waals surface area contributed by atoms with E-state index < -0.39 is 0 Å². The summed E-state index contributed by atoms with van der Waals surface area (Å²) >= 11 is 0. The Balaban J connectivity index is 2.53. The van der Waals surface area contributed by atoms with Gasteiger partial charge in [0, 0.05) is 6.54 Å². The van der Waals surface area contributed by atoms with Gasteiger partial charge in [-0.25, -0.2) is 0 Å². The van der Waals surface area contributed by atoms with Crippen LogP contribution >= 0.6 is 0 Å². The Hall–Kier alpha value is -0.730. The van der Waals surface area contributed by atoms with Crippen molar-refractivity contribution in [3.8, 4) is 0 Å². The van der Waals surface area contributed by atoms with Crippen molar-refractivity contribution >= 4 is 5.84 Å². The number of oxime groups is 1. The van der Waals surface area contributed by atoms with Crippen LogP contribution in [0, 0.1) is 6.92 Å². The average molecular weight is 169 g/mol. The Morgan fingerprint density at radius 2 is 2.25 bits per heavy atom. The van der Waals surface area contributed by atoms with E-state index in [1.54, 1.807) is 0 Å². The van der Waals surface area contributed by atoms with E-state index in [0.717, 1.165) is 25.2 Å². The van der Waals surface area contributed by atoms with Gasteiger partial charge < -0.3 is 9.74 Å². The van der Waals surface area contributed by atoms with Gasteiger partial charge in [-0.1, -0.05) is 18.5 Å². The summed E-state index contributed by atoms with van der Waals surface area (Å²) < 4.78 is 0. The van der Waals surface area contributed by atoms with E-state index in [1.807, 2.05) is 20.8 Å². The van der Waals surface area contributed by atoms with E-state index in [1.165, 1.54) is 0 Å². The molecule has 0 amide bonds. The predicted octanol–water partition coefficient (Wildman–Crippen LogP) is 2.00. The number of hydrogen-bond acceptors (Lipinski definition) is 3. The standard InChI is InChI=1S/C9H17N2O/c1-5-6-7-11-8(2)10-12-9(11,3)4/h1,5-7H2,2-4H3. The minimum atomic E-state index is -0.265. The molecule has 1 rings (SSSR count). The third-order valence-corrected chi connectivity index (χ3v) is 2.07. The molecule has 0 aromatic heterocycles. The van der Waals surface area contributed by atoms with E-state index in [-0.39, 0.29) is 5.72 Å². The maximum absolute atomic E-state index is 5.26. The lowest BCUT2D eigenvalue weighted by atomic mass is 10.2. The Labute approximate surface area is 74.4 Å². The highest BCUT2D eigenvalue weighted by atomic mass is 16.7. The number of hydrogen-bond donors (Lipinski definition) is 0. The topological polar surface area (TPSA) is 24.8 Å². The fourth-order valence-corrected chi connectivity index (χ4v) is 1.37. The molecule has 0 bridgehead atoms. The first-order valence-electron chi connectivity index (χ1n) is 4.37. The molecule has 0 aliphatic carbocycles. The maximum atomic E-state index is 5.26. The molecule has 0 unspecified atom stereocenters. The molecule has 1 radical (unpaired) electrons. The zero-order chi connectivity index (χ0) is 9.19. The molecule has 3 nitrogen and oxygen atoms in total. The van der Waals surface area contributed by atoms with Gasteiger partial charge in [0.1, 0.15) is 5.84 Å². The van der Waals surface area contributed by atoms with Crippen molar-refractivity contribution in [2.45, 2.75) is 39.3 Å². The molecule has 1 aliphatic rings. The molecular weight excluding hydrogens is 152 g/mol. The second-order valence-corrected chi connectivity index (χ2v) is 3.54. The predicted molar refractivity (Wildman–Crippen MR) is 49.6 cm³/mol. The van der Waals surface area contributed by atoms with Crippen LogP contribution in [0.1, 0.15) is 33.6 Å². The van der Waals surface area contributed by atoms with Gasteiger partial charge in [-0.2, -0.15) is 0 Å². The van der Waals surface area contributed by atoms with Crippen molar-refractivity contribution in [1.29, 1.82) is 0 Å². The summed E-state index contributed by atoms with van der Waals surface area (Å²) in [4.78, 5) is 7.42. The quantitative estimate of drug-likeness (QED) is 0.645. The smallest absolute Gasteiger partial charge is 0.205 e. The Morgan fingerprint density at radius 3 is 2.67 bits per heavy atom. The molecule has 0 fully saturated rings. The first kappa shape index (κ1) is 9.36. The molecule has 0 atom stereocenters. The summed E-state index contributed by atoms with van der Waals surface area (Å²) in [6.45, 7) is 10.8. The summed E-state index contributed by atoms with van der Waals surface area (Å²) in [5.74, 6) is 0.966. The van der Waals surface area contributed by atoms with Gasteiger partial charge in [0.25, 0.3) is 0 Å². The molecule has 1 aliphatic heterocycles. The van der Waals surface area contributed by atoms with Crippen LogP contribution in [-0.2, 0) is 4.84 Å². The summed E-state index contributed by atoms with van der Waals surface area (Å²) in [6, 6.07) is 0. The van der Waals surface area contributed by atoms with Gasteiger partial charge in [-0.15, -0.1) is 0 Å². The molecule has 0 aromatic rings. The lowest BCUT2D eigenvalue weighted by Crippen LogP contribution is -2.43. The third kappa shape index (κ3) is 1.71. The van der Waals surface area contributed by atoms with Crippen molar-refractivity contribution in [1.82, 2.24) is 4.90 Å². The van der Waals surface area contributed by atoms with Crippen LogP contribution in [0.2, 0.25) is 0 Å². The molecule has 0 N–H and O–H groups in total. The summed E-state index contributed by atoms with van der Waals surface area (Å²) in [6.07, 6.45) is 2.04. The fourth-order valence-electron chi connectivity index (χ4n) is 1.37. The monoisotopic (exact) mass is 169 g/mol. The number of amidine groups is 1. The minimum absolute atomic E-state index is 0.265. The van der Waals surface area contributed by atoms with Crippen LogP contribution in [-0.4, -0.2) is 23.0 Å². The first-order chi connectivity index (χ1) is 5.58. The molecular formula is C9H17N2O. The summed E-state index contributed by atoms with van der Waals surface area (Å²) in [7, 11) is 0. The molecule has 69 valence electrons. The zero-order valence-corrected chi connectivity index (χ0v) is 8.13. The Kier molecular flexibility index (Phi) is 2.60. The highest BCUT2D eigenvalue weighted by Gasteiger charge is 2.34. The molecule has 0 saturated heterocycles. The van der Waals surface area contributed by atoms with Crippen LogP contribution in [0.5, 0.6) is 0 Å². The van der Waals surface area contributed by atoms with Crippen molar-refractivity contribution in [3.05, 3.63) is 6.92 Å². The highest BCUT2D eigenvalue weighted by molar-refractivity contribution is 5.80. The molecule has 3 heteroatoms. The van der Waals surface area contributed by atoms with Crippen LogP contribution in [0.15, 0.2) is 5.16 Å². The molecule has 1 heterocycles. The molecule has 0 saturated carbocycles.